The summed E-state index contributed by atoms with van der Waals surface area (Å²) in [5.74, 6) is 0. The van der Waals surface area contributed by atoms with Gasteiger partial charge in [-0.05, 0) is 48.7 Å². The Morgan fingerprint density at radius 3 is 2.61 bits per heavy atom. The van der Waals surface area contributed by atoms with Crippen molar-refractivity contribution >= 4 is 13.3 Å². The Bertz CT molecular complexity index is 1020. The van der Waals surface area contributed by atoms with E-state index in [0.29, 0.717) is 0 Å². The topological polar surface area (TPSA) is 16.8 Å². The average molecular weight is 386 g/mol. The molecule has 2 nitrogen and oxygen atoms in total. The van der Waals surface area contributed by atoms with Gasteiger partial charge in [0.05, 0.1) is 13.8 Å². The Morgan fingerprint density at radius 1 is 0.964 bits per heavy atom. The molecule has 3 aromatic rings. The normalized spacial score (nSPS) is 17.6. The molecule has 0 radical (unpaired) electrons. The zero-order valence-corrected chi connectivity index (χ0v) is 18.0. The maximum absolute atomic E-state index is 4.55. The van der Waals surface area contributed by atoms with Crippen LogP contribution in [0.4, 0.5) is 0 Å². The molecule has 1 aromatic carbocycles. The second kappa shape index (κ2) is 6.96. The molecule has 0 bridgehead atoms. The molecule has 3 heteroatoms. The first-order valence-corrected chi connectivity index (χ1v) is 13.3. The highest BCUT2D eigenvalue weighted by Crippen LogP contribution is 2.38. The third kappa shape index (κ3) is 2.93. The van der Waals surface area contributed by atoms with E-state index in [1.165, 1.54) is 66.2 Å². The third-order valence-corrected chi connectivity index (χ3v) is 12.5. The van der Waals surface area contributed by atoms with Crippen molar-refractivity contribution in [3.63, 3.8) is 0 Å². The van der Waals surface area contributed by atoms with Crippen molar-refractivity contribution in [1.29, 1.82) is 0 Å². The number of fused-ring (bicyclic) bond motifs is 2. The molecule has 1 spiro atoms. The summed E-state index contributed by atoms with van der Waals surface area (Å²) in [6.45, 7) is 2.22. The maximum Gasteiger partial charge on any atom is 0.212 e. The molecule has 1 fully saturated rings. The zero-order chi connectivity index (χ0) is 19.1. The molecular formula is C25H29N2Si+. The fourth-order valence-electron chi connectivity index (χ4n) is 5.49. The van der Waals surface area contributed by atoms with Gasteiger partial charge in [-0.15, -0.1) is 0 Å². The molecule has 1 saturated heterocycles. The summed E-state index contributed by atoms with van der Waals surface area (Å²) >= 11 is 0. The van der Waals surface area contributed by atoms with Crippen LogP contribution < -0.4 is 9.75 Å². The van der Waals surface area contributed by atoms with Crippen LogP contribution in [-0.4, -0.2) is 13.1 Å². The van der Waals surface area contributed by atoms with Gasteiger partial charge in [-0.2, -0.15) is 0 Å². The summed E-state index contributed by atoms with van der Waals surface area (Å²) in [5.41, 5.74) is 7.89. The first-order valence-electron chi connectivity index (χ1n) is 10.7. The van der Waals surface area contributed by atoms with Crippen molar-refractivity contribution in [1.82, 2.24) is 4.98 Å². The van der Waals surface area contributed by atoms with E-state index in [0.717, 1.165) is 5.69 Å². The largest absolute Gasteiger partial charge is 0.256 e. The van der Waals surface area contributed by atoms with Crippen molar-refractivity contribution in [3.8, 4) is 22.5 Å². The van der Waals surface area contributed by atoms with Crippen LogP contribution in [0.15, 0.2) is 54.9 Å². The number of aryl methyl sites for hydroxylation is 3. The SMILES string of the molecule is Cc1ccc(-c2ccccn2)cc1-c1cc2c(c[n+]1C)[Si]1(CCCCC1)CC2. The molecule has 2 aliphatic rings. The predicted molar refractivity (Wildman–Crippen MR) is 118 cm³/mol. The third-order valence-electron chi connectivity index (χ3n) is 7.09. The molecule has 0 atom stereocenters. The first kappa shape index (κ1) is 17.8. The van der Waals surface area contributed by atoms with Crippen LogP contribution in [0, 0.1) is 6.92 Å². The predicted octanol–water partition coefficient (Wildman–Crippen LogP) is 4.94. The van der Waals surface area contributed by atoms with Crippen LogP contribution in [-0.2, 0) is 13.5 Å². The van der Waals surface area contributed by atoms with E-state index in [4.69, 9.17) is 0 Å². The van der Waals surface area contributed by atoms with Gasteiger partial charge in [0.1, 0.15) is 7.05 Å². The Labute approximate surface area is 169 Å². The molecule has 28 heavy (non-hydrogen) atoms. The van der Waals surface area contributed by atoms with Crippen molar-refractivity contribution in [2.24, 2.45) is 7.05 Å². The summed E-state index contributed by atoms with van der Waals surface area (Å²) in [6.07, 6.45) is 10.1. The Balaban J connectivity index is 1.60. The number of pyridine rings is 2. The van der Waals surface area contributed by atoms with Crippen LogP contribution >= 0.6 is 0 Å². The fourth-order valence-corrected chi connectivity index (χ4v) is 11.0. The molecule has 0 saturated carbocycles. The minimum Gasteiger partial charge on any atom is -0.256 e. The van der Waals surface area contributed by atoms with Crippen molar-refractivity contribution in [2.75, 3.05) is 0 Å². The summed E-state index contributed by atoms with van der Waals surface area (Å²) in [7, 11) is 1.04. The van der Waals surface area contributed by atoms with E-state index >= 15 is 0 Å². The number of hydrogen-bond donors (Lipinski definition) is 0. The second-order valence-electron chi connectivity index (χ2n) is 8.79. The van der Waals surface area contributed by atoms with Gasteiger partial charge in [-0.25, -0.2) is 4.57 Å². The zero-order valence-electron chi connectivity index (χ0n) is 17.0. The summed E-state index contributed by atoms with van der Waals surface area (Å²) in [5, 5.41) is 1.77. The van der Waals surface area contributed by atoms with Gasteiger partial charge in [0.25, 0.3) is 0 Å². The molecule has 2 aromatic heterocycles. The van der Waals surface area contributed by atoms with Crippen LogP contribution in [0.5, 0.6) is 0 Å². The van der Waals surface area contributed by atoms with Crippen LogP contribution in [0.1, 0.15) is 30.4 Å². The van der Waals surface area contributed by atoms with Crippen LogP contribution in [0.2, 0.25) is 18.1 Å². The number of nitrogens with zero attached hydrogens (tertiary/aromatic N) is 2. The van der Waals surface area contributed by atoms with Crippen molar-refractivity contribution < 1.29 is 4.57 Å². The lowest BCUT2D eigenvalue weighted by Crippen LogP contribution is -2.50. The van der Waals surface area contributed by atoms with E-state index in [2.05, 4.69) is 66.1 Å². The van der Waals surface area contributed by atoms with E-state index in [1.54, 1.807) is 10.8 Å². The number of hydrogen-bond acceptors (Lipinski definition) is 1. The van der Waals surface area contributed by atoms with Gasteiger partial charge < -0.3 is 0 Å². The van der Waals surface area contributed by atoms with E-state index in [1.807, 2.05) is 12.3 Å². The number of benzene rings is 1. The summed E-state index contributed by atoms with van der Waals surface area (Å²) < 4.78 is 2.40. The highest BCUT2D eigenvalue weighted by atomic mass is 28.3. The number of aromatic nitrogens is 2. The molecule has 2 aliphatic heterocycles. The lowest BCUT2D eigenvalue weighted by atomic mass is 9.98. The smallest absolute Gasteiger partial charge is 0.212 e. The maximum atomic E-state index is 4.55. The standard InChI is InChI=1S/C25H29N2Si/c1-19-9-10-20(23-8-4-5-12-26-23)16-22(19)24-17-21-11-15-28(13-6-3-7-14-28)25(21)18-27(24)2/h4-5,8-10,12,16-18H,3,6-7,11,13-15H2,1-2H3/q+1. The van der Waals surface area contributed by atoms with Gasteiger partial charge in [0.15, 0.2) is 6.20 Å². The van der Waals surface area contributed by atoms with Crippen molar-refractivity contribution in [3.05, 3.63) is 66.0 Å². The highest BCUT2D eigenvalue weighted by Gasteiger charge is 2.43. The second-order valence-corrected chi connectivity index (χ2v) is 13.4. The van der Waals surface area contributed by atoms with E-state index in [-0.39, 0.29) is 0 Å². The van der Waals surface area contributed by atoms with Crippen molar-refractivity contribution in [2.45, 2.75) is 50.7 Å². The molecule has 142 valence electrons. The minimum atomic E-state index is -1.20. The average Bonchev–Trinajstić information content (AvgIpc) is 3.06. The monoisotopic (exact) mass is 385 g/mol. The molecule has 4 heterocycles. The molecule has 0 aliphatic carbocycles. The Kier molecular flexibility index (Phi) is 4.43. The Hall–Kier alpha value is -2.26. The van der Waals surface area contributed by atoms with E-state index in [9.17, 15) is 0 Å². The minimum absolute atomic E-state index is 1.04. The summed E-state index contributed by atoms with van der Waals surface area (Å²) in [4.78, 5) is 4.55. The first-order chi connectivity index (χ1) is 13.7. The van der Waals surface area contributed by atoms with Crippen LogP contribution in [0.3, 0.4) is 0 Å². The van der Waals surface area contributed by atoms with Gasteiger partial charge >= 0.3 is 0 Å². The summed E-state index contributed by atoms with van der Waals surface area (Å²) in [6, 6.07) is 19.9. The van der Waals surface area contributed by atoms with Gasteiger partial charge in [-0.3, -0.25) is 4.98 Å². The fraction of sp³-hybridized carbons (Fsp3) is 0.360. The van der Waals surface area contributed by atoms with Gasteiger partial charge in [0, 0.05) is 28.6 Å². The molecular weight excluding hydrogens is 356 g/mol. The molecule has 0 N–H and O–H groups in total. The lowest BCUT2D eigenvalue weighted by molar-refractivity contribution is -0.659. The quantitative estimate of drug-likeness (QED) is 0.451. The number of rotatable bonds is 2. The Morgan fingerprint density at radius 2 is 1.82 bits per heavy atom. The lowest BCUT2D eigenvalue weighted by Gasteiger charge is -2.31. The highest BCUT2D eigenvalue weighted by molar-refractivity contribution is 6.93. The van der Waals surface area contributed by atoms with Crippen LogP contribution in [0.25, 0.3) is 22.5 Å². The molecule has 0 unspecified atom stereocenters. The molecule has 5 rings (SSSR count). The van der Waals surface area contributed by atoms with Gasteiger partial charge in [-0.1, -0.05) is 49.5 Å². The van der Waals surface area contributed by atoms with E-state index < -0.39 is 8.07 Å². The van der Waals surface area contributed by atoms with Gasteiger partial charge in [0.2, 0.25) is 5.69 Å². The molecule has 0 amide bonds.